The van der Waals surface area contributed by atoms with E-state index in [1.165, 1.54) is 7.11 Å². The Labute approximate surface area is 98.1 Å². The van der Waals surface area contributed by atoms with E-state index in [1.54, 1.807) is 0 Å². The Balaban J connectivity index is 4.07. The standard InChI is InChI=1S/C8H18F3O5P/c1-14-3-7(5-17(12,13)15-2)4-16-6-8(9,10)11/h7,12-13,17H,3-6H2,1-2H3. The molecule has 0 aromatic rings. The number of methoxy groups -OCH3 is 1. The quantitative estimate of drug-likeness (QED) is 0.649. The number of rotatable bonds is 8. The zero-order valence-electron chi connectivity index (χ0n) is 9.66. The molecule has 0 amide bonds. The Morgan fingerprint density at radius 1 is 1.18 bits per heavy atom. The summed E-state index contributed by atoms with van der Waals surface area (Å²) in [6.45, 7) is -1.57. The first-order chi connectivity index (χ1) is 7.70. The molecule has 0 radical (unpaired) electrons. The second-order valence-corrected chi connectivity index (χ2v) is 5.91. The normalized spacial score (nSPS) is 15.9. The summed E-state index contributed by atoms with van der Waals surface area (Å²) >= 11 is 0. The Hall–Kier alpha value is 0.0200. The minimum atomic E-state index is -4.40. The van der Waals surface area contributed by atoms with E-state index in [1.807, 2.05) is 0 Å². The first kappa shape index (κ1) is 17.0. The van der Waals surface area contributed by atoms with Gasteiger partial charge in [-0.1, -0.05) is 0 Å². The number of hydrogen-bond donors (Lipinski definition) is 2. The fourth-order valence-corrected chi connectivity index (χ4v) is 2.36. The van der Waals surface area contributed by atoms with Crippen LogP contribution < -0.4 is 0 Å². The Bertz CT molecular complexity index is 212. The summed E-state index contributed by atoms with van der Waals surface area (Å²) in [6.07, 6.45) is -4.57. The van der Waals surface area contributed by atoms with Gasteiger partial charge in [0.2, 0.25) is 0 Å². The average molecular weight is 282 g/mol. The van der Waals surface area contributed by atoms with Gasteiger partial charge in [0.05, 0.1) is 0 Å². The summed E-state index contributed by atoms with van der Waals surface area (Å²) in [7, 11) is -1.32. The molecule has 9 heteroatoms. The summed E-state index contributed by atoms with van der Waals surface area (Å²) in [6, 6.07) is 0. The van der Waals surface area contributed by atoms with Gasteiger partial charge in [-0.3, -0.25) is 0 Å². The zero-order chi connectivity index (χ0) is 13.5. The first-order valence-electron chi connectivity index (χ1n) is 4.83. The van der Waals surface area contributed by atoms with Gasteiger partial charge in [0.25, 0.3) is 0 Å². The van der Waals surface area contributed by atoms with Gasteiger partial charge < -0.3 is 0 Å². The molecule has 106 valence electrons. The van der Waals surface area contributed by atoms with Gasteiger partial charge in [-0.2, -0.15) is 0 Å². The molecule has 0 rings (SSSR count). The van der Waals surface area contributed by atoms with Gasteiger partial charge >= 0.3 is 97.2 Å². The number of ether oxygens (including phenoxy) is 2. The summed E-state index contributed by atoms with van der Waals surface area (Å²) in [5, 5.41) is 0. The second kappa shape index (κ2) is 7.45. The molecule has 1 unspecified atom stereocenters. The van der Waals surface area contributed by atoms with E-state index in [0.29, 0.717) is 0 Å². The van der Waals surface area contributed by atoms with Crippen LogP contribution in [0.25, 0.3) is 0 Å². The number of alkyl halides is 3. The van der Waals surface area contributed by atoms with Crippen molar-refractivity contribution < 1.29 is 37.0 Å². The van der Waals surface area contributed by atoms with Crippen LogP contribution in [0, 0.1) is 5.92 Å². The Morgan fingerprint density at radius 3 is 2.18 bits per heavy atom. The molecule has 1 atom stereocenters. The van der Waals surface area contributed by atoms with Gasteiger partial charge in [0.15, 0.2) is 0 Å². The molecule has 0 heterocycles. The van der Waals surface area contributed by atoms with Crippen LogP contribution in [0.5, 0.6) is 0 Å². The minimum absolute atomic E-state index is 0.0666. The van der Waals surface area contributed by atoms with Crippen molar-refractivity contribution in [2.24, 2.45) is 5.92 Å². The average Bonchev–Trinajstić information content (AvgIpc) is 2.15. The van der Waals surface area contributed by atoms with Crippen molar-refractivity contribution in [1.29, 1.82) is 0 Å². The van der Waals surface area contributed by atoms with E-state index < -0.39 is 26.6 Å². The van der Waals surface area contributed by atoms with Crippen LogP contribution in [0.2, 0.25) is 0 Å². The van der Waals surface area contributed by atoms with Crippen LogP contribution in [-0.4, -0.2) is 56.2 Å². The molecule has 0 aromatic heterocycles. The molecule has 0 saturated carbocycles. The van der Waals surface area contributed by atoms with Gasteiger partial charge in [0.1, 0.15) is 0 Å². The van der Waals surface area contributed by atoms with Crippen molar-refractivity contribution in [1.82, 2.24) is 0 Å². The van der Waals surface area contributed by atoms with Gasteiger partial charge in [-0.15, -0.1) is 0 Å². The molecule has 0 aliphatic rings. The number of halogens is 3. The monoisotopic (exact) mass is 282 g/mol. The molecule has 0 bridgehead atoms. The second-order valence-electron chi connectivity index (χ2n) is 3.60. The fourth-order valence-electron chi connectivity index (χ4n) is 1.20. The molecular weight excluding hydrogens is 264 g/mol. The SMILES string of the molecule is COCC(COCC(F)(F)F)C[PH](O)(O)OC. The van der Waals surface area contributed by atoms with Crippen LogP contribution in [0.1, 0.15) is 0 Å². The van der Waals surface area contributed by atoms with Crippen molar-refractivity contribution in [3.63, 3.8) is 0 Å². The maximum atomic E-state index is 11.8. The molecule has 0 saturated heterocycles. The summed E-state index contributed by atoms with van der Waals surface area (Å²) in [5.41, 5.74) is 0. The summed E-state index contributed by atoms with van der Waals surface area (Å²) in [5.74, 6) is -0.552. The van der Waals surface area contributed by atoms with E-state index in [0.717, 1.165) is 7.11 Å². The number of hydrogen-bond acceptors (Lipinski definition) is 5. The van der Waals surface area contributed by atoms with Crippen molar-refractivity contribution in [2.75, 3.05) is 40.2 Å². The predicted octanol–water partition coefficient (Wildman–Crippen LogP) is 0.954. The Morgan fingerprint density at radius 2 is 1.76 bits per heavy atom. The first-order valence-corrected chi connectivity index (χ1v) is 6.84. The van der Waals surface area contributed by atoms with E-state index in [4.69, 9.17) is 4.74 Å². The van der Waals surface area contributed by atoms with Crippen LogP contribution in [0.3, 0.4) is 0 Å². The topological polar surface area (TPSA) is 68.2 Å². The fraction of sp³-hybridized carbons (Fsp3) is 1.00. The third-order valence-corrected chi connectivity index (χ3v) is 3.67. The van der Waals surface area contributed by atoms with Crippen LogP contribution in [0.4, 0.5) is 13.2 Å². The van der Waals surface area contributed by atoms with Gasteiger partial charge in [-0.05, 0) is 0 Å². The van der Waals surface area contributed by atoms with Crippen LogP contribution in [0.15, 0.2) is 0 Å². The van der Waals surface area contributed by atoms with E-state index in [9.17, 15) is 23.0 Å². The molecule has 0 aromatic carbocycles. The van der Waals surface area contributed by atoms with Crippen molar-refractivity contribution >= 4 is 7.94 Å². The molecule has 2 N–H and O–H groups in total. The van der Waals surface area contributed by atoms with Gasteiger partial charge in [0, 0.05) is 0 Å². The Kier molecular flexibility index (Phi) is 7.46. The van der Waals surface area contributed by atoms with E-state index >= 15 is 0 Å². The molecule has 0 fully saturated rings. The zero-order valence-corrected chi connectivity index (χ0v) is 10.7. The molecular formula is C8H18F3O5P. The molecule has 0 spiro atoms. The van der Waals surface area contributed by atoms with Crippen molar-refractivity contribution in [3.05, 3.63) is 0 Å². The molecule has 0 aliphatic heterocycles. The van der Waals surface area contributed by atoms with Crippen LogP contribution in [-0.2, 0) is 14.0 Å². The third kappa shape index (κ3) is 9.70. The maximum absolute atomic E-state index is 11.8. The predicted molar refractivity (Wildman–Crippen MR) is 56.9 cm³/mol. The van der Waals surface area contributed by atoms with Gasteiger partial charge in [-0.25, -0.2) is 0 Å². The van der Waals surface area contributed by atoms with Crippen molar-refractivity contribution in [2.45, 2.75) is 6.18 Å². The van der Waals surface area contributed by atoms with Crippen molar-refractivity contribution in [3.8, 4) is 0 Å². The summed E-state index contributed by atoms with van der Waals surface area (Å²) < 4.78 is 49.2. The molecule has 0 aliphatic carbocycles. The van der Waals surface area contributed by atoms with Crippen LogP contribution >= 0.6 is 7.94 Å². The summed E-state index contributed by atoms with van der Waals surface area (Å²) in [4.78, 5) is 18.6. The molecule has 5 nitrogen and oxygen atoms in total. The van der Waals surface area contributed by atoms with E-state index in [2.05, 4.69) is 9.26 Å². The third-order valence-electron chi connectivity index (χ3n) is 1.90. The molecule has 17 heavy (non-hydrogen) atoms. The van der Waals surface area contributed by atoms with E-state index in [-0.39, 0.29) is 19.4 Å².